The highest BCUT2D eigenvalue weighted by atomic mass is 16.5. The van der Waals surface area contributed by atoms with Crippen LogP contribution < -0.4 is 4.74 Å². The van der Waals surface area contributed by atoms with Gasteiger partial charge in [0, 0.05) is 5.92 Å². The van der Waals surface area contributed by atoms with Crippen LogP contribution in [0.4, 0.5) is 0 Å². The lowest BCUT2D eigenvalue weighted by molar-refractivity contribution is -0.0697. The van der Waals surface area contributed by atoms with Gasteiger partial charge in [0.15, 0.2) is 0 Å². The largest absolute Gasteiger partial charge is 0.490 e. The van der Waals surface area contributed by atoms with E-state index in [1.807, 2.05) is 30.3 Å². The van der Waals surface area contributed by atoms with Crippen molar-refractivity contribution in [3.63, 3.8) is 0 Å². The van der Waals surface area contributed by atoms with Crippen LogP contribution in [0.1, 0.15) is 25.7 Å². The highest BCUT2D eigenvalue weighted by Crippen LogP contribution is 2.42. The molecule has 0 aromatic heterocycles. The van der Waals surface area contributed by atoms with Crippen molar-refractivity contribution in [2.45, 2.75) is 37.9 Å². The second-order valence-electron chi connectivity index (χ2n) is 5.12. The number of hydrogen-bond acceptors (Lipinski definition) is 2. The van der Waals surface area contributed by atoms with Crippen LogP contribution in [-0.2, 0) is 0 Å². The lowest BCUT2D eigenvalue weighted by Crippen LogP contribution is -2.47. The van der Waals surface area contributed by atoms with E-state index in [1.54, 1.807) is 0 Å². The summed E-state index contributed by atoms with van der Waals surface area (Å²) in [6, 6.07) is 9.97. The Morgan fingerprint density at radius 3 is 2.56 bits per heavy atom. The molecular weight excluding hydrogens is 200 g/mol. The van der Waals surface area contributed by atoms with Crippen LogP contribution in [0.15, 0.2) is 30.3 Å². The summed E-state index contributed by atoms with van der Waals surface area (Å²) >= 11 is 0. The molecule has 1 aromatic carbocycles. The maximum Gasteiger partial charge on any atom is 0.119 e. The Balaban J connectivity index is 1.72. The number of benzene rings is 1. The highest BCUT2D eigenvalue weighted by molar-refractivity contribution is 5.21. The fourth-order valence-corrected chi connectivity index (χ4v) is 3.22. The minimum Gasteiger partial charge on any atom is -0.490 e. The minimum absolute atomic E-state index is 0.138. The van der Waals surface area contributed by atoms with Gasteiger partial charge in [-0.15, -0.1) is 0 Å². The average Bonchev–Trinajstić information content (AvgIpc) is 2.30. The Bertz CT molecular complexity index is 349. The zero-order valence-corrected chi connectivity index (χ0v) is 9.38. The van der Waals surface area contributed by atoms with Crippen LogP contribution in [0, 0.1) is 11.8 Å². The Kier molecular flexibility index (Phi) is 2.60. The number of rotatable bonds is 2. The van der Waals surface area contributed by atoms with Gasteiger partial charge in [0.05, 0.1) is 6.10 Å². The predicted molar refractivity (Wildman–Crippen MR) is 62.3 cm³/mol. The summed E-state index contributed by atoms with van der Waals surface area (Å²) in [6.45, 7) is 0. The molecule has 16 heavy (non-hydrogen) atoms. The summed E-state index contributed by atoms with van der Waals surface area (Å²) in [4.78, 5) is 0. The average molecular weight is 218 g/mol. The fourth-order valence-electron chi connectivity index (χ4n) is 3.22. The van der Waals surface area contributed by atoms with Gasteiger partial charge in [0.1, 0.15) is 11.9 Å². The molecule has 0 spiro atoms. The van der Waals surface area contributed by atoms with Gasteiger partial charge < -0.3 is 9.84 Å². The van der Waals surface area contributed by atoms with E-state index in [4.69, 9.17) is 4.74 Å². The van der Waals surface area contributed by atoms with Crippen molar-refractivity contribution in [2.24, 2.45) is 11.8 Å². The van der Waals surface area contributed by atoms with Gasteiger partial charge in [0.2, 0.25) is 0 Å². The lowest BCUT2D eigenvalue weighted by atomic mass is 9.67. The van der Waals surface area contributed by atoms with Gasteiger partial charge in [-0.1, -0.05) is 18.2 Å². The topological polar surface area (TPSA) is 29.5 Å². The zero-order chi connectivity index (χ0) is 11.0. The molecule has 4 rings (SSSR count). The first-order valence-corrected chi connectivity index (χ1v) is 6.22. The molecule has 86 valence electrons. The monoisotopic (exact) mass is 218 g/mol. The van der Waals surface area contributed by atoms with Crippen molar-refractivity contribution in [3.05, 3.63) is 30.3 Å². The standard InChI is InChI=1S/C14H18O2/c15-13-8-10-6-7-12(13)14(9-10)16-11-4-2-1-3-5-11/h1-5,10,12-15H,6-9H2. The predicted octanol–water partition coefficient (Wildman–Crippen LogP) is 2.61. The van der Waals surface area contributed by atoms with E-state index in [-0.39, 0.29) is 12.2 Å². The summed E-state index contributed by atoms with van der Waals surface area (Å²) in [5.74, 6) is 1.96. The number of aliphatic hydroxyl groups is 1. The van der Waals surface area contributed by atoms with Crippen molar-refractivity contribution in [1.29, 1.82) is 0 Å². The van der Waals surface area contributed by atoms with Crippen LogP contribution in [0.25, 0.3) is 0 Å². The molecule has 0 amide bonds. The molecule has 0 radical (unpaired) electrons. The van der Waals surface area contributed by atoms with Crippen LogP contribution in [-0.4, -0.2) is 17.3 Å². The molecule has 3 aliphatic rings. The van der Waals surface area contributed by atoms with Crippen LogP contribution in [0.2, 0.25) is 0 Å². The van der Waals surface area contributed by atoms with Crippen molar-refractivity contribution in [2.75, 3.05) is 0 Å². The normalized spacial score (nSPS) is 37.3. The third-order valence-corrected chi connectivity index (χ3v) is 4.05. The van der Waals surface area contributed by atoms with Gasteiger partial charge in [-0.25, -0.2) is 0 Å². The third-order valence-electron chi connectivity index (χ3n) is 4.05. The Hall–Kier alpha value is -1.02. The maximum atomic E-state index is 9.97. The second kappa shape index (κ2) is 4.10. The molecule has 1 aromatic rings. The molecule has 3 fully saturated rings. The molecule has 2 nitrogen and oxygen atoms in total. The Morgan fingerprint density at radius 2 is 1.88 bits per heavy atom. The van der Waals surface area contributed by atoms with Crippen molar-refractivity contribution in [1.82, 2.24) is 0 Å². The number of ether oxygens (including phenoxy) is 1. The number of aliphatic hydroxyl groups excluding tert-OH is 1. The first-order chi connectivity index (χ1) is 7.83. The summed E-state index contributed by atoms with van der Waals surface area (Å²) in [5, 5.41) is 9.97. The van der Waals surface area contributed by atoms with Crippen LogP contribution in [0.5, 0.6) is 5.75 Å². The molecule has 1 N–H and O–H groups in total. The van der Waals surface area contributed by atoms with Gasteiger partial charge in [0.25, 0.3) is 0 Å². The van der Waals surface area contributed by atoms with Crippen LogP contribution in [0.3, 0.4) is 0 Å². The summed E-state index contributed by atoms with van der Waals surface area (Å²) in [7, 11) is 0. The molecule has 4 atom stereocenters. The van der Waals surface area contributed by atoms with E-state index in [9.17, 15) is 5.11 Å². The molecule has 0 saturated heterocycles. The van der Waals surface area contributed by atoms with E-state index >= 15 is 0 Å². The van der Waals surface area contributed by atoms with E-state index in [0.717, 1.165) is 25.0 Å². The maximum absolute atomic E-state index is 9.97. The van der Waals surface area contributed by atoms with E-state index in [1.165, 1.54) is 6.42 Å². The highest BCUT2D eigenvalue weighted by Gasteiger charge is 2.42. The summed E-state index contributed by atoms with van der Waals surface area (Å²) in [6.07, 6.45) is 4.60. The van der Waals surface area contributed by atoms with Gasteiger partial charge >= 0.3 is 0 Å². The molecule has 4 unspecified atom stereocenters. The van der Waals surface area contributed by atoms with Gasteiger partial charge in [-0.2, -0.15) is 0 Å². The molecular formula is C14H18O2. The van der Waals surface area contributed by atoms with E-state index in [2.05, 4.69) is 0 Å². The van der Waals surface area contributed by atoms with Gasteiger partial charge in [-0.3, -0.25) is 0 Å². The summed E-state index contributed by atoms with van der Waals surface area (Å²) < 4.78 is 6.00. The Morgan fingerprint density at radius 1 is 1.06 bits per heavy atom. The molecule has 0 aliphatic heterocycles. The van der Waals surface area contributed by atoms with E-state index in [0.29, 0.717) is 11.8 Å². The molecule has 3 aliphatic carbocycles. The molecule has 2 heteroatoms. The zero-order valence-electron chi connectivity index (χ0n) is 9.38. The van der Waals surface area contributed by atoms with Crippen LogP contribution >= 0.6 is 0 Å². The first kappa shape index (κ1) is 10.2. The smallest absolute Gasteiger partial charge is 0.119 e. The quantitative estimate of drug-likeness (QED) is 0.826. The van der Waals surface area contributed by atoms with Gasteiger partial charge in [-0.05, 0) is 43.7 Å². The third kappa shape index (κ3) is 1.82. The number of hydrogen-bond donors (Lipinski definition) is 1. The minimum atomic E-state index is -0.138. The second-order valence-corrected chi connectivity index (χ2v) is 5.12. The number of fused-ring (bicyclic) bond motifs is 3. The molecule has 3 saturated carbocycles. The first-order valence-electron chi connectivity index (χ1n) is 6.22. The van der Waals surface area contributed by atoms with E-state index < -0.39 is 0 Å². The Labute approximate surface area is 96.2 Å². The molecule has 0 heterocycles. The van der Waals surface area contributed by atoms with Crippen molar-refractivity contribution < 1.29 is 9.84 Å². The van der Waals surface area contributed by atoms with Crippen molar-refractivity contribution >= 4 is 0 Å². The number of para-hydroxylation sites is 1. The summed E-state index contributed by atoms with van der Waals surface area (Å²) in [5.41, 5.74) is 0. The fraction of sp³-hybridized carbons (Fsp3) is 0.571. The van der Waals surface area contributed by atoms with Crippen molar-refractivity contribution in [3.8, 4) is 5.75 Å². The lowest BCUT2D eigenvalue weighted by Gasteiger charge is -2.45. The molecule has 2 bridgehead atoms. The SMILES string of the molecule is OC1CC2CCC1C(Oc1ccccc1)C2.